The van der Waals surface area contributed by atoms with Crippen molar-refractivity contribution in [3.05, 3.63) is 53.1 Å². The van der Waals surface area contributed by atoms with Gasteiger partial charge in [-0.15, -0.1) is 0 Å². The highest BCUT2D eigenvalue weighted by Crippen LogP contribution is 2.27. The predicted octanol–water partition coefficient (Wildman–Crippen LogP) is 2.92. The maximum Gasteiger partial charge on any atom is 0.243 e. The molecular formula is C17H19ClN2O4S. The Labute approximate surface area is 152 Å². The molecule has 2 aromatic rings. The number of methoxy groups -OCH3 is 1. The van der Waals surface area contributed by atoms with Gasteiger partial charge in [0.2, 0.25) is 15.9 Å². The Morgan fingerprint density at radius 2 is 1.84 bits per heavy atom. The average molecular weight is 383 g/mol. The van der Waals surface area contributed by atoms with Crippen LogP contribution in [0.25, 0.3) is 0 Å². The number of halogens is 1. The number of carbonyl (C=O) groups excluding carboxylic acids is 1. The standard InChI is InChI=1S/C17H19ClN2O4S/c1-12-4-7-14(8-5-12)25(22,23)20(2)11-17(21)19-13-6-9-16(24-3)15(18)10-13/h4-10H,11H2,1-3H3,(H,19,21). The van der Waals surface area contributed by atoms with Crippen LogP contribution < -0.4 is 10.1 Å². The molecule has 8 heteroatoms. The molecule has 2 rings (SSSR count). The SMILES string of the molecule is COc1ccc(NC(=O)CN(C)S(=O)(=O)c2ccc(C)cc2)cc1Cl. The maximum absolute atomic E-state index is 12.5. The zero-order chi connectivity index (χ0) is 18.6. The number of nitrogens with zero attached hydrogens (tertiary/aromatic N) is 1. The van der Waals surface area contributed by atoms with Gasteiger partial charge in [0.25, 0.3) is 0 Å². The summed E-state index contributed by atoms with van der Waals surface area (Å²) in [5.41, 5.74) is 1.41. The molecule has 0 unspecified atom stereocenters. The highest BCUT2D eigenvalue weighted by Gasteiger charge is 2.22. The number of ether oxygens (including phenoxy) is 1. The van der Waals surface area contributed by atoms with Gasteiger partial charge in [0.05, 0.1) is 23.6 Å². The topological polar surface area (TPSA) is 75.7 Å². The Balaban J connectivity index is 2.06. The van der Waals surface area contributed by atoms with E-state index in [9.17, 15) is 13.2 Å². The van der Waals surface area contributed by atoms with E-state index in [1.165, 1.54) is 32.4 Å². The maximum atomic E-state index is 12.5. The summed E-state index contributed by atoms with van der Waals surface area (Å²) in [6, 6.07) is 11.2. The van der Waals surface area contributed by atoms with E-state index in [1.54, 1.807) is 24.3 Å². The normalized spacial score (nSPS) is 11.4. The smallest absolute Gasteiger partial charge is 0.243 e. The Morgan fingerprint density at radius 1 is 1.20 bits per heavy atom. The van der Waals surface area contributed by atoms with Gasteiger partial charge in [-0.25, -0.2) is 8.42 Å². The van der Waals surface area contributed by atoms with E-state index < -0.39 is 15.9 Å². The number of benzene rings is 2. The minimum absolute atomic E-state index is 0.140. The molecule has 2 aromatic carbocycles. The zero-order valence-corrected chi connectivity index (χ0v) is 15.7. The van der Waals surface area contributed by atoms with Gasteiger partial charge in [-0.05, 0) is 37.3 Å². The second-order valence-electron chi connectivity index (χ2n) is 5.47. The first-order valence-electron chi connectivity index (χ1n) is 7.40. The fraction of sp³-hybridized carbons (Fsp3) is 0.235. The lowest BCUT2D eigenvalue weighted by molar-refractivity contribution is -0.116. The van der Waals surface area contributed by atoms with E-state index >= 15 is 0 Å². The molecule has 0 saturated heterocycles. The molecule has 0 spiro atoms. The number of sulfonamides is 1. The van der Waals surface area contributed by atoms with Gasteiger partial charge in [0.15, 0.2) is 0 Å². The van der Waals surface area contributed by atoms with Gasteiger partial charge < -0.3 is 10.1 Å². The molecule has 1 amide bonds. The van der Waals surface area contributed by atoms with Crippen LogP contribution in [0.4, 0.5) is 5.69 Å². The molecule has 6 nitrogen and oxygen atoms in total. The minimum Gasteiger partial charge on any atom is -0.495 e. The second kappa shape index (κ2) is 7.86. The van der Waals surface area contributed by atoms with Crippen LogP contribution in [0, 0.1) is 6.92 Å². The van der Waals surface area contributed by atoms with E-state index in [2.05, 4.69) is 5.32 Å². The van der Waals surface area contributed by atoms with Gasteiger partial charge in [0, 0.05) is 12.7 Å². The van der Waals surface area contributed by atoms with Crippen LogP contribution in [0.1, 0.15) is 5.56 Å². The number of amides is 1. The number of hydrogen-bond acceptors (Lipinski definition) is 4. The van der Waals surface area contributed by atoms with Crippen molar-refractivity contribution in [1.82, 2.24) is 4.31 Å². The van der Waals surface area contributed by atoms with Crippen molar-refractivity contribution in [2.75, 3.05) is 26.0 Å². The summed E-state index contributed by atoms with van der Waals surface area (Å²) < 4.78 is 31.0. The third kappa shape index (κ3) is 4.72. The van der Waals surface area contributed by atoms with Crippen LogP contribution in [0.5, 0.6) is 5.75 Å². The van der Waals surface area contributed by atoms with Gasteiger partial charge in [-0.2, -0.15) is 4.31 Å². The van der Waals surface area contributed by atoms with Crippen molar-refractivity contribution in [1.29, 1.82) is 0 Å². The molecule has 0 aliphatic heterocycles. The number of rotatable bonds is 6. The summed E-state index contributed by atoms with van der Waals surface area (Å²) >= 11 is 6.00. The van der Waals surface area contributed by atoms with Gasteiger partial charge in [-0.1, -0.05) is 29.3 Å². The molecule has 0 saturated carbocycles. The van der Waals surface area contributed by atoms with Crippen molar-refractivity contribution in [3.63, 3.8) is 0 Å². The van der Waals surface area contributed by atoms with E-state index in [-0.39, 0.29) is 11.4 Å². The quantitative estimate of drug-likeness (QED) is 0.833. The van der Waals surface area contributed by atoms with Crippen LogP contribution in [0.3, 0.4) is 0 Å². The van der Waals surface area contributed by atoms with Gasteiger partial charge in [-0.3, -0.25) is 4.79 Å². The highest BCUT2D eigenvalue weighted by molar-refractivity contribution is 7.89. The fourth-order valence-corrected chi connectivity index (χ4v) is 3.51. The van der Waals surface area contributed by atoms with E-state index in [4.69, 9.17) is 16.3 Å². The molecule has 0 aromatic heterocycles. The monoisotopic (exact) mass is 382 g/mol. The largest absolute Gasteiger partial charge is 0.495 e. The molecule has 0 atom stereocenters. The molecule has 0 aliphatic rings. The van der Waals surface area contributed by atoms with Crippen molar-refractivity contribution in [3.8, 4) is 5.75 Å². The highest BCUT2D eigenvalue weighted by atomic mass is 35.5. The predicted molar refractivity (Wildman–Crippen MR) is 97.6 cm³/mol. The van der Waals surface area contributed by atoms with Gasteiger partial charge in [0.1, 0.15) is 5.75 Å². The number of nitrogens with one attached hydrogen (secondary N) is 1. The third-order valence-corrected chi connectivity index (χ3v) is 5.64. The van der Waals surface area contributed by atoms with Crippen LogP contribution in [-0.4, -0.2) is 39.3 Å². The summed E-state index contributed by atoms with van der Waals surface area (Å²) in [4.78, 5) is 12.3. The Hall–Kier alpha value is -2.09. The molecule has 25 heavy (non-hydrogen) atoms. The van der Waals surface area contributed by atoms with Crippen LogP contribution >= 0.6 is 11.6 Å². The van der Waals surface area contributed by atoms with Crippen LogP contribution in [-0.2, 0) is 14.8 Å². The lowest BCUT2D eigenvalue weighted by atomic mass is 10.2. The van der Waals surface area contributed by atoms with Gasteiger partial charge >= 0.3 is 0 Å². The Morgan fingerprint density at radius 3 is 2.40 bits per heavy atom. The van der Waals surface area contributed by atoms with Crippen molar-refractivity contribution in [2.45, 2.75) is 11.8 Å². The van der Waals surface area contributed by atoms with Crippen molar-refractivity contribution >= 4 is 33.2 Å². The van der Waals surface area contributed by atoms with Crippen LogP contribution in [0.15, 0.2) is 47.4 Å². The molecule has 0 aliphatic carbocycles. The summed E-state index contributed by atoms with van der Waals surface area (Å²) in [6.07, 6.45) is 0. The summed E-state index contributed by atoms with van der Waals surface area (Å²) in [6.45, 7) is 1.55. The molecule has 0 bridgehead atoms. The number of aryl methyl sites for hydroxylation is 1. The number of hydrogen-bond donors (Lipinski definition) is 1. The molecule has 0 fully saturated rings. The van der Waals surface area contributed by atoms with Crippen molar-refractivity contribution < 1.29 is 17.9 Å². The first-order valence-corrected chi connectivity index (χ1v) is 9.22. The summed E-state index contributed by atoms with van der Waals surface area (Å²) in [5, 5.41) is 2.96. The Kier molecular flexibility index (Phi) is 6.05. The third-order valence-electron chi connectivity index (χ3n) is 3.53. The lowest BCUT2D eigenvalue weighted by Crippen LogP contribution is -2.34. The van der Waals surface area contributed by atoms with Crippen LogP contribution in [0.2, 0.25) is 5.02 Å². The molecule has 0 radical (unpaired) electrons. The number of likely N-dealkylation sites (N-methyl/N-ethyl adjacent to an activating group) is 1. The number of carbonyl (C=O) groups is 1. The first kappa shape index (κ1) is 19.2. The van der Waals surface area contributed by atoms with E-state index in [0.29, 0.717) is 16.5 Å². The minimum atomic E-state index is -3.74. The summed E-state index contributed by atoms with van der Waals surface area (Å²) in [5.74, 6) is 0.0122. The Bertz CT molecular complexity index is 867. The second-order valence-corrected chi connectivity index (χ2v) is 7.92. The molecule has 134 valence electrons. The lowest BCUT2D eigenvalue weighted by Gasteiger charge is -2.17. The zero-order valence-electron chi connectivity index (χ0n) is 14.1. The fourth-order valence-electron chi connectivity index (χ4n) is 2.12. The average Bonchev–Trinajstić information content (AvgIpc) is 2.55. The van der Waals surface area contributed by atoms with E-state index in [0.717, 1.165) is 9.87 Å². The number of anilines is 1. The van der Waals surface area contributed by atoms with Crippen molar-refractivity contribution in [2.24, 2.45) is 0 Å². The molecule has 1 N–H and O–H groups in total. The first-order chi connectivity index (χ1) is 11.7. The molecule has 0 heterocycles. The summed E-state index contributed by atoms with van der Waals surface area (Å²) in [7, 11) is -0.888. The molecular weight excluding hydrogens is 364 g/mol. The van der Waals surface area contributed by atoms with E-state index in [1.807, 2.05) is 6.92 Å².